The number of carbonyl (C=O) groups is 5. The molecule has 4 amide bonds. The van der Waals surface area contributed by atoms with E-state index in [1.54, 1.807) is 30.3 Å². The van der Waals surface area contributed by atoms with Gasteiger partial charge >= 0.3 is 5.97 Å². The van der Waals surface area contributed by atoms with Gasteiger partial charge in [-0.1, -0.05) is 30.3 Å². The molecule has 0 aliphatic rings. The Bertz CT molecular complexity index is 1100. The second-order valence-electron chi connectivity index (χ2n) is 9.05. The van der Waals surface area contributed by atoms with Gasteiger partial charge in [0.15, 0.2) is 0 Å². The van der Waals surface area contributed by atoms with Crippen LogP contribution in [-0.4, -0.2) is 75.4 Å². The highest BCUT2D eigenvalue weighted by Crippen LogP contribution is 2.07. The van der Waals surface area contributed by atoms with Crippen molar-refractivity contribution >= 4 is 29.6 Å². The molecule has 0 spiro atoms. The molecule has 2 rings (SSSR count). The number of primary amides is 1. The van der Waals surface area contributed by atoms with Gasteiger partial charge < -0.3 is 43.2 Å². The standard InChI is InChI=1S/C25H36N8O6/c26-9-5-4-8-18(25(38)39)31-24(37)20(12-21(28)34)33-23(36)19(10-15-6-2-1-3-7-15)32-22(35)17(27)11-16-13-29-14-30-16/h1-3,6-7,13-14,17-20H,4-5,8-12,26-27H2,(H2,28,34)(H,29,30)(H,31,37)(H,32,35)(H,33,36)(H,38,39). The van der Waals surface area contributed by atoms with E-state index < -0.39 is 60.2 Å². The van der Waals surface area contributed by atoms with Crippen molar-refractivity contribution in [2.45, 2.75) is 62.7 Å². The zero-order chi connectivity index (χ0) is 28.8. The van der Waals surface area contributed by atoms with Crippen molar-refractivity contribution in [1.29, 1.82) is 0 Å². The van der Waals surface area contributed by atoms with Crippen molar-refractivity contribution in [1.82, 2.24) is 25.9 Å². The number of carboxylic acids is 1. The summed E-state index contributed by atoms with van der Waals surface area (Å²) in [7, 11) is 0. The summed E-state index contributed by atoms with van der Waals surface area (Å²) < 4.78 is 0. The summed E-state index contributed by atoms with van der Waals surface area (Å²) in [4.78, 5) is 69.1. The van der Waals surface area contributed by atoms with E-state index in [2.05, 4.69) is 25.9 Å². The molecule has 11 N–H and O–H groups in total. The smallest absolute Gasteiger partial charge is 0.326 e. The molecule has 14 nitrogen and oxygen atoms in total. The molecular formula is C25H36N8O6. The average Bonchev–Trinajstić information content (AvgIpc) is 3.40. The number of aliphatic carboxylic acids is 1. The van der Waals surface area contributed by atoms with Gasteiger partial charge in [-0.3, -0.25) is 19.2 Å². The Balaban J connectivity index is 2.18. The van der Waals surface area contributed by atoms with Gasteiger partial charge in [0.2, 0.25) is 23.6 Å². The zero-order valence-electron chi connectivity index (χ0n) is 21.5. The van der Waals surface area contributed by atoms with Gasteiger partial charge in [-0.2, -0.15) is 0 Å². The van der Waals surface area contributed by atoms with Gasteiger partial charge in [-0.05, 0) is 31.4 Å². The number of aromatic amines is 1. The first kappa shape index (κ1) is 30.9. The number of aromatic nitrogens is 2. The van der Waals surface area contributed by atoms with E-state index >= 15 is 0 Å². The first-order valence-corrected chi connectivity index (χ1v) is 12.5. The molecule has 4 unspecified atom stereocenters. The van der Waals surface area contributed by atoms with Crippen molar-refractivity contribution in [2.24, 2.45) is 17.2 Å². The molecule has 4 atom stereocenters. The Morgan fingerprint density at radius 1 is 0.897 bits per heavy atom. The van der Waals surface area contributed by atoms with E-state index in [0.29, 0.717) is 30.6 Å². The normalized spacial score (nSPS) is 13.9. The molecule has 212 valence electrons. The number of unbranched alkanes of at least 4 members (excludes halogenated alkanes) is 1. The highest BCUT2D eigenvalue weighted by Gasteiger charge is 2.31. The molecule has 0 saturated carbocycles. The Labute approximate surface area is 225 Å². The number of hydrogen-bond acceptors (Lipinski definition) is 8. The number of nitrogens with two attached hydrogens (primary N) is 3. The first-order chi connectivity index (χ1) is 18.6. The number of nitrogens with zero attached hydrogens (tertiary/aromatic N) is 1. The van der Waals surface area contributed by atoms with Crippen LogP contribution in [0.25, 0.3) is 0 Å². The Morgan fingerprint density at radius 3 is 2.13 bits per heavy atom. The fourth-order valence-electron chi connectivity index (χ4n) is 3.77. The molecule has 1 aromatic heterocycles. The lowest BCUT2D eigenvalue weighted by Gasteiger charge is -2.25. The molecule has 2 aromatic rings. The molecule has 39 heavy (non-hydrogen) atoms. The van der Waals surface area contributed by atoms with E-state index in [9.17, 15) is 29.1 Å². The lowest BCUT2D eigenvalue weighted by atomic mass is 10.0. The number of hydrogen-bond donors (Lipinski definition) is 8. The van der Waals surface area contributed by atoms with Crippen LogP contribution in [0.2, 0.25) is 0 Å². The average molecular weight is 545 g/mol. The molecule has 0 saturated heterocycles. The van der Waals surface area contributed by atoms with Gasteiger partial charge in [0.25, 0.3) is 0 Å². The summed E-state index contributed by atoms with van der Waals surface area (Å²) in [6, 6.07) is 3.91. The maximum absolute atomic E-state index is 13.3. The lowest BCUT2D eigenvalue weighted by Crippen LogP contribution is -2.58. The fraction of sp³-hybridized carbons (Fsp3) is 0.440. The third kappa shape index (κ3) is 10.9. The summed E-state index contributed by atoms with van der Waals surface area (Å²) in [6.45, 7) is 0.362. The molecule has 0 radical (unpaired) electrons. The van der Waals surface area contributed by atoms with E-state index in [-0.39, 0.29) is 19.3 Å². The van der Waals surface area contributed by atoms with Crippen LogP contribution < -0.4 is 33.2 Å². The number of H-pyrrole nitrogens is 1. The topological polar surface area (TPSA) is 248 Å². The SMILES string of the molecule is NCCCCC(NC(=O)C(CC(N)=O)NC(=O)C(Cc1ccccc1)NC(=O)C(N)Cc1cnc[nH]1)C(=O)O. The minimum absolute atomic E-state index is 0.0525. The molecule has 0 aliphatic heterocycles. The Kier molecular flexibility index (Phi) is 12.6. The third-order valence-corrected chi connectivity index (χ3v) is 5.85. The van der Waals surface area contributed by atoms with E-state index in [0.717, 1.165) is 0 Å². The Morgan fingerprint density at radius 2 is 1.54 bits per heavy atom. The molecular weight excluding hydrogens is 508 g/mol. The van der Waals surface area contributed by atoms with Crippen LogP contribution >= 0.6 is 0 Å². The van der Waals surface area contributed by atoms with Crippen molar-refractivity contribution in [3.63, 3.8) is 0 Å². The van der Waals surface area contributed by atoms with Crippen LogP contribution in [0.15, 0.2) is 42.9 Å². The van der Waals surface area contributed by atoms with Gasteiger partial charge in [0, 0.05) is 24.7 Å². The van der Waals surface area contributed by atoms with Gasteiger partial charge in [0.05, 0.1) is 18.8 Å². The van der Waals surface area contributed by atoms with Crippen LogP contribution in [0.1, 0.15) is 36.9 Å². The minimum Gasteiger partial charge on any atom is -0.480 e. The molecule has 0 fully saturated rings. The van der Waals surface area contributed by atoms with Gasteiger partial charge in [-0.25, -0.2) is 9.78 Å². The summed E-state index contributed by atoms with van der Waals surface area (Å²) in [5, 5.41) is 16.8. The van der Waals surface area contributed by atoms with E-state index in [1.165, 1.54) is 12.5 Å². The second kappa shape index (κ2) is 15.8. The summed E-state index contributed by atoms with van der Waals surface area (Å²) in [5.74, 6) is -4.47. The third-order valence-electron chi connectivity index (χ3n) is 5.85. The number of rotatable bonds is 17. The number of amides is 4. The van der Waals surface area contributed by atoms with Crippen LogP contribution in [0.3, 0.4) is 0 Å². The van der Waals surface area contributed by atoms with Crippen molar-refractivity contribution < 1.29 is 29.1 Å². The van der Waals surface area contributed by atoms with Crippen molar-refractivity contribution in [2.75, 3.05) is 6.54 Å². The predicted molar refractivity (Wildman–Crippen MR) is 141 cm³/mol. The first-order valence-electron chi connectivity index (χ1n) is 12.5. The van der Waals surface area contributed by atoms with Crippen LogP contribution in [0.5, 0.6) is 0 Å². The van der Waals surface area contributed by atoms with Crippen LogP contribution in [0.4, 0.5) is 0 Å². The van der Waals surface area contributed by atoms with Crippen molar-refractivity contribution in [3.05, 3.63) is 54.1 Å². The maximum Gasteiger partial charge on any atom is 0.326 e. The van der Waals surface area contributed by atoms with Crippen molar-refractivity contribution in [3.8, 4) is 0 Å². The largest absolute Gasteiger partial charge is 0.480 e. The van der Waals surface area contributed by atoms with Gasteiger partial charge in [0.1, 0.15) is 18.1 Å². The van der Waals surface area contributed by atoms with Crippen LogP contribution in [0, 0.1) is 0 Å². The highest BCUT2D eigenvalue weighted by molar-refractivity contribution is 5.96. The quantitative estimate of drug-likeness (QED) is 0.103. The fourth-order valence-corrected chi connectivity index (χ4v) is 3.77. The number of carboxylic acid groups (broad SMARTS) is 1. The van der Waals surface area contributed by atoms with Gasteiger partial charge in [-0.15, -0.1) is 0 Å². The molecule has 1 aromatic carbocycles. The lowest BCUT2D eigenvalue weighted by molar-refractivity contribution is -0.142. The Hall–Kier alpha value is -4.30. The number of benzene rings is 1. The maximum atomic E-state index is 13.3. The van der Waals surface area contributed by atoms with E-state index in [4.69, 9.17) is 17.2 Å². The highest BCUT2D eigenvalue weighted by atomic mass is 16.4. The summed E-state index contributed by atoms with van der Waals surface area (Å²) >= 11 is 0. The van der Waals surface area contributed by atoms with Crippen LogP contribution in [-0.2, 0) is 36.8 Å². The number of nitrogens with one attached hydrogen (secondary N) is 4. The number of imidazole rings is 1. The monoisotopic (exact) mass is 544 g/mol. The number of carbonyl (C=O) groups excluding carboxylic acids is 4. The summed E-state index contributed by atoms with van der Waals surface area (Å²) in [5.41, 5.74) is 18.1. The molecule has 0 aliphatic carbocycles. The zero-order valence-corrected chi connectivity index (χ0v) is 21.5. The molecule has 14 heteroatoms. The predicted octanol–water partition coefficient (Wildman–Crippen LogP) is -1.93. The minimum atomic E-state index is -1.47. The van der Waals surface area contributed by atoms with E-state index in [1.807, 2.05) is 0 Å². The molecule has 0 bridgehead atoms. The summed E-state index contributed by atoms with van der Waals surface area (Å²) in [6.07, 6.45) is 3.69. The second-order valence-corrected chi connectivity index (χ2v) is 9.05. The molecule has 1 heterocycles.